The monoisotopic (exact) mass is 291 g/mol. The Morgan fingerprint density at radius 1 is 0.800 bits per heavy atom. The van der Waals surface area contributed by atoms with E-state index in [9.17, 15) is 4.79 Å². The van der Waals surface area contributed by atoms with E-state index in [0.717, 1.165) is 6.54 Å². The van der Waals surface area contributed by atoms with E-state index in [-0.39, 0.29) is 5.78 Å². The quantitative estimate of drug-likeness (QED) is 0.421. The summed E-state index contributed by atoms with van der Waals surface area (Å²) in [7, 11) is 1.89. The van der Waals surface area contributed by atoms with E-state index < -0.39 is 0 Å². The Bertz CT molecular complexity index is 214. The minimum absolute atomic E-state index is 0.178. The Morgan fingerprint density at radius 2 is 1.30 bits per heavy atom. The predicted molar refractivity (Wildman–Crippen MR) is 77.1 cm³/mol. The van der Waals surface area contributed by atoms with Gasteiger partial charge in [0.15, 0.2) is 0 Å². The lowest BCUT2D eigenvalue weighted by atomic mass is 10.2. The first-order valence-electron chi connectivity index (χ1n) is 7.28. The minimum atomic E-state index is 0.178. The molecule has 0 aromatic rings. The molecular formula is C14H29NO5. The number of hydrogen-bond acceptors (Lipinski definition) is 6. The zero-order chi connectivity index (χ0) is 14.9. The van der Waals surface area contributed by atoms with Gasteiger partial charge >= 0.3 is 0 Å². The molecular weight excluding hydrogens is 262 g/mol. The lowest BCUT2D eigenvalue weighted by Gasteiger charge is -2.06. The molecule has 6 heteroatoms. The molecule has 0 bridgehead atoms. The second-order valence-corrected chi connectivity index (χ2v) is 4.18. The smallest absolute Gasteiger partial charge is 0.137 e. The van der Waals surface area contributed by atoms with Gasteiger partial charge < -0.3 is 24.3 Å². The van der Waals surface area contributed by atoms with Gasteiger partial charge in [0.1, 0.15) is 5.78 Å². The third-order valence-electron chi connectivity index (χ3n) is 2.50. The molecule has 6 nitrogen and oxygen atoms in total. The Labute approximate surface area is 122 Å². The normalized spacial score (nSPS) is 10.9. The average Bonchev–Trinajstić information content (AvgIpc) is 2.45. The third kappa shape index (κ3) is 15.5. The summed E-state index contributed by atoms with van der Waals surface area (Å²) in [5.41, 5.74) is 0. The fourth-order valence-corrected chi connectivity index (χ4v) is 1.36. The maximum Gasteiger partial charge on any atom is 0.137 e. The molecule has 0 saturated carbocycles. The molecule has 0 saturated heterocycles. The highest BCUT2D eigenvalue weighted by Crippen LogP contribution is 1.92. The van der Waals surface area contributed by atoms with Gasteiger partial charge in [-0.2, -0.15) is 0 Å². The van der Waals surface area contributed by atoms with Crippen molar-refractivity contribution in [3.05, 3.63) is 0 Å². The van der Waals surface area contributed by atoms with Gasteiger partial charge in [0.05, 0.1) is 46.2 Å². The summed E-state index contributed by atoms with van der Waals surface area (Å²) in [6.07, 6.45) is 0.915. The van der Waals surface area contributed by atoms with Crippen molar-refractivity contribution in [2.24, 2.45) is 0 Å². The molecule has 0 aromatic heterocycles. The Morgan fingerprint density at radius 3 is 1.85 bits per heavy atom. The first-order chi connectivity index (χ1) is 9.81. The highest BCUT2D eigenvalue weighted by molar-refractivity contribution is 5.78. The van der Waals surface area contributed by atoms with Crippen LogP contribution in [0.1, 0.15) is 19.8 Å². The molecule has 0 aliphatic rings. The van der Waals surface area contributed by atoms with Crippen molar-refractivity contribution in [3.8, 4) is 0 Å². The van der Waals surface area contributed by atoms with Gasteiger partial charge in [-0.05, 0) is 14.0 Å². The Hall–Kier alpha value is -0.530. The lowest BCUT2D eigenvalue weighted by molar-refractivity contribution is -0.121. The van der Waals surface area contributed by atoms with Crippen molar-refractivity contribution in [2.75, 3.05) is 66.4 Å². The number of nitrogens with one attached hydrogen (secondary N) is 1. The molecule has 0 aromatic carbocycles. The summed E-state index contributed by atoms with van der Waals surface area (Å²) in [6, 6.07) is 0. The van der Waals surface area contributed by atoms with Crippen molar-refractivity contribution in [2.45, 2.75) is 19.8 Å². The first kappa shape index (κ1) is 19.5. The second-order valence-electron chi connectivity index (χ2n) is 4.18. The molecule has 0 aliphatic carbocycles. The van der Waals surface area contributed by atoms with Crippen LogP contribution in [0.25, 0.3) is 0 Å². The van der Waals surface area contributed by atoms with Gasteiger partial charge in [-0.15, -0.1) is 0 Å². The molecule has 120 valence electrons. The van der Waals surface area contributed by atoms with Crippen LogP contribution < -0.4 is 5.32 Å². The number of likely N-dealkylation sites (N-methyl/N-ethyl adjacent to an activating group) is 1. The largest absolute Gasteiger partial charge is 0.381 e. The molecule has 0 atom stereocenters. The zero-order valence-corrected chi connectivity index (χ0v) is 12.8. The summed E-state index contributed by atoms with van der Waals surface area (Å²) < 4.78 is 21.1. The number of Topliss-reactive ketones (excluding diaryl/α,β-unsaturated/α-hetero) is 1. The molecule has 0 radical (unpaired) electrons. The van der Waals surface area contributed by atoms with Gasteiger partial charge in [0.25, 0.3) is 0 Å². The van der Waals surface area contributed by atoms with Crippen LogP contribution in [0.3, 0.4) is 0 Å². The second kappa shape index (κ2) is 16.5. The molecule has 1 N–H and O–H groups in total. The highest BCUT2D eigenvalue weighted by atomic mass is 16.5. The highest BCUT2D eigenvalue weighted by Gasteiger charge is 2.01. The van der Waals surface area contributed by atoms with Crippen LogP contribution in [0.5, 0.6) is 0 Å². The molecule has 0 amide bonds. The molecule has 0 unspecified atom stereocenters. The van der Waals surface area contributed by atoms with Crippen LogP contribution in [0, 0.1) is 0 Å². The molecule has 0 heterocycles. The number of rotatable bonds is 16. The van der Waals surface area contributed by atoms with Crippen molar-refractivity contribution < 1.29 is 23.7 Å². The number of carbonyl (C=O) groups is 1. The van der Waals surface area contributed by atoms with Crippen LogP contribution in [-0.4, -0.2) is 72.2 Å². The number of carbonyl (C=O) groups excluding carboxylic acids is 1. The average molecular weight is 291 g/mol. The van der Waals surface area contributed by atoms with E-state index in [1.165, 1.54) is 0 Å². The van der Waals surface area contributed by atoms with Crippen LogP contribution in [0.4, 0.5) is 0 Å². The topological polar surface area (TPSA) is 66.0 Å². The first-order valence-corrected chi connectivity index (χ1v) is 7.28. The zero-order valence-electron chi connectivity index (χ0n) is 12.8. The summed E-state index contributed by atoms with van der Waals surface area (Å²) in [4.78, 5) is 11.4. The summed E-state index contributed by atoms with van der Waals surface area (Å²) >= 11 is 0. The minimum Gasteiger partial charge on any atom is -0.381 e. The van der Waals surface area contributed by atoms with Crippen LogP contribution in [-0.2, 0) is 23.7 Å². The van der Waals surface area contributed by atoms with Gasteiger partial charge in [-0.1, -0.05) is 0 Å². The van der Waals surface area contributed by atoms with Crippen molar-refractivity contribution in [3.63, 3.8) is 0 Å². The fourth-order valence-electron chi connectivity index (χ4n) is 1.36. The van der Waals surface area contributed by atoms with Crippen molar-refractivity contribution >= 4 is 5.78 Å². The van der Waals surface area contributed by atoms with Gasteiger partial charge in [0, 0.05) is 26.0 Å². The van der Waals surface area contributed by atoms with Gasteiger partial charge in [0.2, 0.25) is 0 Å². The lowest BCUT2D eigenvalue weighted by Crippen LogP contribution is -2.16. The third-order valence-corrected chi connectivity index (χ3v) is 2.50. The predicted octanol–water partition coefficient (Wildman–Crippen LogP) is 0.641. The number of ether oxygens (including phenoxy) is 4. The number of ketones is 1. The van der Waals surface area contributed by atoms with Crippen molar-refractivity contribution in [1.29, 1.82) is 0 Å². The van der Waals surface area contributed by atoms with E-state index in [0.29, 0.717) is 65.7 Å². The SMILES string of the molecule is CCOCCC(=O)CCOCCOCCOCCNC. The Balaban J connectivity index is 3.07. The summed E-state index contributed by atoms with van der Waals surface area (Å²) in [5.74, 6) is 0.178. The summed E-state index contributed by atoms with van der Waals surface area (Å²) in [6.45, 7) is 7.27. The van der Waals surface area contributed by atoms with Gasteiger partial charge in [-0.3, -0.25) is 4.79 Å². The molecule has 0 rings (SSSR count). The molecule has 0 aliphatic heterocycles. The maximum absolute atomic E-state index is 11.4. The molecule has 0 spiro atoms. The van der Waals surface area contributed by atoms with Crippen LogP contribution in [0.2, 0.25) is 0 Å². The standard InChI is InChI=1S/C14H29NO5/c1-3-17-7-4-14(16)5-8-18-10-12-20-13-11-19-9-6-15-2/h15H,3-13H2,1-2H3. The van der Waals surface area contributed by atoms with E-state index in [1.807, 2.05) is 14.0 Å². The van der Waals surface area contributed by atoms with Crippen molar-refractivity contribution in [1.82, 2.24) is 5.32 Å². The van der Waals surface area contributed by atoms with E-state index in [2.05, 4.69) is 5.32 Å². The maximum atomic E-state index is 11.4. The number of hydrogen-bond donors (Lipinski definition) is 1. The molecule has 0 fully saturated rings. The van der Waals surface area contributed by atoms with E-state index >= 15 is 0 Å². The van der Waals surface area contributed by atoms with E-state index in [1.54, 1.807) is 0 Å². The van der Waals surface area contributed by atoms with Gasteiger partial charge in [-0.25, -0.2) is 0 Å². The van der Waals surface area contributed by atoms with E-state index in [4.69, 9.17) is 18.9 Å². The Kier molecular flexibility index (Phi) is 16.1. The summed E-state index contributed by atoms with van der Waals surface area (Å²) in [5, 5.41) is 3.00. The fraction of sp³-hybridized carbons (Fsp3) is 0.929. The van der Waals surface area contributed by atoms with Crippen LogP contribution >= 0.6 is 0 Å². The van der Waals surface area contributed by atoms with Crippen LogP contribution in [0.15, 0.2) is 0 Å². The molecule has 20 heavy (non-hydrogen) atoms.